The van der Waals surface area contributed by atoms with Gasteiger partial charge in [-0.25, -0.2) is 14.8 Å². The van der Waals surface area contributed by atoms with Gasteiger partial charge in [-0.1, -0.05) is 53.4 Å². The van der Waals surface area contributed by atoms with Gasteiger partial charge in [0.15, 0.2) is 11.8 Å². The summed E-state index contributed by atoms with van der Waals surface area (Å²) in [6, 6.07) is -0.355. The lowest BCUT2D eigenvalue weighted by Gasteiger charge is -2.35. The van der Waals surface area contributed by atoms with Gasteiger partial charge in [0.25, 0.3) is 0 Å². The highest BCUT2D eigenvalue weighted by Gasteiger charge is 2.33. The molecule has 1 heterocycles. The Labute approximate surface area is 195 Å². The summed E-state index contributed by atoms with van der Waals surface area (Å²) in [4.78, 5) is 46.1. The first kappa shape index (κ1) is 28.0. The number of ether oxygens (including phenoxy) is 1. The Morgan fingerprint density at radius 1 is 1.12 bits per heavy atom. The van der Waals surface area contributed by atoms with Gasteiger partial charge in [0.05, 0.1) is 12.6 Å². The van der Waals surface area contributed by atoms with Gasteiger partial charge < -0.3 is 9.84 Å². The molecule has 8 nitrogen and oxygen atoms in total. The van der Waals surface area contributed by atoms with Crippen LogP contribution >= 0.6 is 11.3 Å². The average molecular weight is 471 g/mol. The van der Waals surface area contributed by atoms with Gasteiger partial charge in [-0.05, 0) is 18.8 Å². The van der Waals surface area contributed by atoms with E-state index in [0.717, 1.165) is 49.9 Å². The highest BCUT2D eigenvalue weighted by molar-refractivity contribution is 7.09. The molecule has 1 aromatic rings. The fourth-order valence-corrected chi connectivity index (χ4v) is 4.11. The normalized spacial score (nSPS) is 13.1. The topological polar surface area (TPSA) is 106 Å². The van der Waals surface area contributed by atoms with E-state index in [1.165, 1.54) is 17.4 Å². The number of hydroxylamine groups is 2. The largest absolute Gasteiger partial charge is 0.476 e. The van der Waals surface area contributed by atoms with Crippen LogP contribution in [0.1, 0.15) is 108 Å². The zero-order chi connectivity index (χ0) is 24.1. The lowest BCUT2D eigenvalue weighted by atomic mass is 9.97. The number of carboxylic acid groups (broad SMARTS) is 1. The van der Waals surface area contributed by atoms with Gasteiger partial charge in [0.2, 0.25) is 5.91 Å². The third kappa shape index (κ3) is 9.65. The van der Waals surface area contributed by atoms with E-state index in [1.54, 1.807) is 0 Å². The first-order chi connectivity index (χ1) is 15.2. The SMILES string of the molecule is CCCCCCON(C(=O)CCCC)C(CC(OC(C)=O)c1nc(C(=O)O)cs1)C(C)C. The fourth-order valence-electron chi connectivity index (χ4n) is 3.27. The molecular weight excluding hydrogens is 432 g/mol. The number of nitrogens with zero attached hydrogens (tertiary/aromatic N) is 2. The van der Waals surface area contributed by atoms with Crippen LogP contribution in [0.15, 0.2) is 5.38 Å². The number of esters is 1. The van der Waals surface area contributed by atoms with Gasteiger partial charge in [0.1, 0.15) is 5.01 Å². The molecule has 1 N–H and O–H groups in total. The van der Waals surface area contributed by atoms with Crippen molar-refractivity contribution in [1.29, 1.82) is 0 Å². The molecule has 0 radical (unpaired) electrons. The molecule has 0 bridgehead atoms. The van der Waals surface area contributed by atoms with E-state index in [0.29, 0.717) is 18.0 Å². The summed E-state index contributed by atoms with van der Waals surface area (Å²) in [6.07, 6.45) is 5.68. The third-order valence-electron chi connectivity index (χ3n) is 5.07. The van der Waals surface area contributed by atoms with Crippen LogP contribution < -0.4 is 0 Å². The number of carbonyl (C=O) groups excluding carboxylic acids is 2. The van der Waals surface area contributed by atoms with E-state index in [9.17, 15) is 19.5 Å². The van der Waals surface area contributed by atoms with Crippen molar-refractivity contribution in [3.8, 4) is 0 Å². The minimum atomic E-state index is -1.14. The Hall–Kier alpha value is -2.00. The second kappa shape index (κ2) is 14.9. The van der Waals surface area contributed by atoms with Gasteiger partial charge in [0, 0.05) is 25.1 Å². The number of rotatable bonds is 16. The molecular formula is C23H38N2O6S. The molecule has 0 aromatic carbocycles. The Balaban J connectivity index is 3.10. The first-order valence-corrected chi connectivity index (χ1v) is 12.4. The molecule has 0 aliphatic heterocycles. The summed E-state index contributed by atoms with van der Waals surface area (Å²) in [7, 11) is 0. The maximum Gasteiger partial charge on any atom is 0.355 e. The maximum atomic E-state index is 13.0. The first-order valence-electron chi connectivity index (χ1n) is 11.5. The van der Waals surface area contributed by atoms with Crippen molar-refractivity contribution in [3.05, 3.63) is 16.1 Å². The highest BCUT2D eigenvalue weighted by Crippen LogP contribution is 2.31. The second-order valence-corrected chi connectivity index (χ2v) is 9.13. The number of amides is 1. The molecule has 2 unspecified atom stereocenters. The number of carboxylic acids is 1. The Bertz CT molecular complexity index is 721. The number of hydrogen-bond acceptors (Lipinski definition) is 7. The molecule has 182 valence electrons. The molecule has 0 saturated heterocycles. The molecule has 0 aliphatic rings. The van der Waals surface area contributed by atoms with Crippen LogP contribution in [0.5, 0.6) is 0 Å². The van der Waals surface area contributed by atoms with Crippen molar-refractivity contribution in [2.24, 2.45) is 5.92 Å². The summed E-state index contributed by atoms with van der Waals surface area (Å²) < 4.78 is 5.50. The number of aromatic nitrogens is 1. The van der Waals surface area contributed by atoms with Crippen molar-refractivity contribution in [2.75, 3.05) is 6.61 Å². The van der Waals surface area contributed by atoms with Gasteiger partial charge in [-0.3, -0.25) is 14.4 Å². The van der Waals surface area contributed by atoms with Crippen LogP contribution in [0.2, 0.25) is 0 Å². The van der Waals surface area contributed by atoms with Crippen LogP contribution in [-0.4, -0.2) is 45.6 Å². The summed E-state index contributed by atoms with van der Waals surface area (Å²) in [6.45, 7) is 9.89. The van der Waals surface area contributed by atoms with Gasteiger partial charge in [-0.15, -0.1) is 11.3 Å². The number of hydrogen-bond donors (Lipinski definition) is 1. The molecule has 0 saturated carbocycles. The minimum absolute atomic E-state index is 0.0215. The van der Waals surface area contributed by atoms with E-state index >= 15 is 0 Å². The minimum Gasteiger partial charge on any atom is -0.476 e. The van der Waals surface area contributed by atoms with E-state index in [1.807, 2.05) is 20.8 Å². The van der Waals surface area contributed by atoms with Crippen LogP contribution in [0.25, 0.3) is 0 Å². The quantitative estimate of drug-likeness (QED) is 0.196. The predicted octanol–water partition coefficient (Wildman–Crippen LogP) is 5.39. The van der Waals surface area contributed by atoms with Gasteiger partial charge in [-0.2, -0.15) is 0 Å². The average Bonchev–Trinajstić information content (AvgIpc) is 3.22. The Morgan fingerprint density at radius 3 is 2.34 bits per heavy atom. The monoisotopic (exact) mass is 470 g/mol. The summed E-state index contributed by atoms with van der Waals surface area (Å²) >= 11 is 1.13. The number of aromatic carboxylic acids is 1. The standard InChI is InChI=1S/C23H38N2O6S/c1-6-8-10-11-13-30-25(21(27)12-9-7-2)19(16(3)4)14-20(31-17(5)26)22-24-18(15-32-22)23(28)29/h15-16,19-20H,6-14H2,1-5H3,(H,28,29). The van der Waals surface area contributed by atoms with E-state index in [2.05, 4.69) is 11.9 Å². The van der Waals surface area contributed by atoms with Crippen LogP contribution in [0.4, 0.5) is 0 Å². The van der Waals surface area contributed by atoms with E-state index in [4.69, 9.17) is 9.57 Å². The number of thiazole rings is 1. The predicted molar refractivity (Wildman–Crippen MR) is 123 cm³/mol. The van der Waals surface area contributed by atoms with Crippen molar-refractivity contribution >= 4 is 29.2 Å². The Kier molecular flexibility index (Phi) is 13.1. The summed E-state index contributed by atoms with van der Waals surface area (Å²) in [5.41, 5.74) is -0.0914. The smallest absolute Gasteiger partial charge is 0.355 e. The fraction of sp³-hybridized carbons (Fsp3) is 0.739. The highest BCUT2D eigenvalue weighted by atomic mass is 32.1. The molecule has 0 fully saturated rings. The molecule has 32 heavy (non-hydrogen) atoms. The molecule has 0 aliphatic carbocycles. The number of unbranched alkanes of at least 4 members (excludes halogenated alkanes) is 4. The lowest BCUT2D eigenvalue weighted by molar-refractivity contribution is -0.210. The van der Waals surface area contributed by atoms with Crippen molar-refractivity contribution in [1.82, 2.24) is 10.0 Å². The molecule has 1 aromatic heterocycles. The van der Waals surface area contributed by atoms with Crippen molar-refractivity contribution in [3.63, 3.8) is 0 Å². The van der Waals surface area contributed by atoms with Crippen molar-refractivity contribution < 1.29 is 29.1 Å². The van der Waals surface area contributed by atoms with Gasteiger partial charge >= 0.3 is 11.9 Å². The van der Waals surface area contributed by atoms with E-state index < -0.39 is 18.0 Å². The lowest BCUT2D eigenvalue weighted by Crippen LogP contribution is -2.44. The van der Waals surface area contributed by atoms with E-state index in [-0.39, 0.29) is 30.0 Å². The second-order valence-electron chi connectivity index (χ2n) is 8.24. The third-order valence-corrected chi connectivity index (χ3v) is 6.01. The molecule has 1 amide bonds. The zero-order valence-electron chi connectivity index (χ0n) is 20.0. The van der Waals surface area contributed by atoms with Crippen LogP contribution in [-0.2, 0) is 19.2 Å². The summed E-state index contributed by atoms with van der Waals surface area (Å²) in [5.74, 6) is -1.70. The molecule has 0 spiro atoms. The van der Waals surface area contributed by atoms with Crippen molar-refractivity contribution in [2.45, 2.75) is 98.1 Å². The van der Waals surface area contributed by atoms with Crippen LogP contribution in [0, 0.1) is 5.92 Å². The van der Waals surface area contributed by atoms with Crippen LogP contribution in [0.3, 0.4) is 0 Å². The number of carbonyl (C=O) groups is 3. The molecule has 1 rings (SSSR count). The zero-order valence-corrected chi connectivity index (χ0v) is 20.8. The Morgan fingerprint density at radius 2 is 1.81 bits per heavy atom. The maximum absolute atomic E-state index is 13.0. The molecule has 9 heteroatoms. The molecule has 2 atom stereocenters. The summed E-state index contributed by atoms with van der Waals surface area (Å²) in [5, 5.41) is 12.5.